The molecular formula is C20H22N4O3S. The van der Waals surface area contributed by atoms with Gasteiger partial charge in [0.25, 0.3) is 5.91 Å². The van der Waals surface area contributed by atoms with E-state index in [1.54, 1.807) is 23.7 Å². The maximum Gasteiger partial charge on any atom is 0.256 e. The maximum absolute atomic E-state index is 13.0. The van der Waals surface area contributed by atoms with E-state index in [0.717, 1.165) is 29.6 Å². The van der Waals surface area contributed by atoms with Crippen LogP contribution in [0.4, 0.5) is 5.69 Å². The molecule has 0 radical (unpaired) electrons. The van der Waals surface area contributed by atoms with Crippen molar-refractivity contribution in [2.75, 3.05) is 11.1 Å². The van der Waals surface area contributed by atoms with Crippen LogP contribution in [-0.2, 0) is 16.9 Å². The fourth-order valence-corrected chi connectivity index (χ4v) is 4.23. The van der Waals surface area contributed by atoms with E-state index in [1.807, 2.05) is 20.0 Å². The predicted molar refractivity (Wildman–Crippen MR) is 107 cm³/mol. The fourth-order valence-electron chi connectivity index (χ4n) is 3.34. The molecular weight excluding hydrogens is 376 g/mol. The van der Waals surface area contributed by atoms with Crippen molar-refractivity contribution in [1.82, 2.24) is 14.8 Å². The Morgan fingerprint density at radius 2 is 1.93 bits per heavy atom. The number of pyridine rings is 1. The normalized spacial score (nSPS) is 14.4. The average Bonchev–Trinajstić information content (AvgIpc) is 3.48. The number of carbonyl (C=O) groups excluding carboxylic acids is 1. The molecule has 2 aromatic heterocycles. The topological polar surface area (TPSA) is 93.9 Å². The minimum absolute atomic E-state index is 0.0396. The van der Waals surface area contributed by atoms with Crippen LogP contribution >= 0.6 is 0 Å². The fraction of sp³-hybridized carbons (Fsp3) is 0.350. The van der Waals surface area contributed by atoms with Crippen molar-refractivity contribution >= 4 is 32.5 Å². The Kier molecular flexibility index (Phi) is 4.45. The second kappa shape index (κ2) is 6.70. The Morgan fingerprint density at radius 3 is 2.54 bits per heavy atom. The standard InChI is InChI=1S/C20H22N4O3S/c1-4-28(26,27)15-9-7-14(8-10-15)21-20(25)16-11-17(13-5-6-13)22-19-18(16)12(2)23-24(19)3/h7-11,13H,4-6H2,1-3H3,(H,21,25). The Bertz CT molecular complexity index is 1180. The number of hydrogen-bond acceptors (Lipinski definition) is 5. The number of amides is 1. The summed E-state index contributed by atoms with van der Waals surface area (Å²) in [6.07, 6.45) is 2.17. The van der Waals surface area contributed by atoms with Crippen LogP contribution in [0.2, 0.25) is 0 Å². The first-order valence-electron chi connectivity index (χ1n) is 9.28. The maximum atomic E-state index is 13.0. The van der Waals surface area contributed by atoms with Crippen molar-refractivity contribution in [3.63, 3.8) is 0 Å². The van der Waals surface area contributed by atoms with Crippen LogP contribution < -0.4 is 5.32 Å². The van der Waals surface area contributed by atoms with Crippen LogP contribution in [-0.4, -0.2) is 34.8 Å². The molecule has 146 valence electrons. The first kappa shape index (κ1) is 18.6. The van der Waals surface area contributed by atoms with Gasteiger partial charge in [-0.25, -0.2) is 13.4 Å². The van der Waals surface area contributed by atoms with Crippen molar-refractivity contribution in [2.24, 2.45) is 7.05 Å². The number of carbonyl (C=O) groups is 1. The van der Waals surface area contributed by atoms with Crippen molar-refractivity contribution in [3.05, 3.63) is 47.3 Å². The molecule has 0 spiro atoms. The number of anilines is 1. The number of sulfone groups is 1. The van der Waals surface area contributed by atoms with Gasteiger partial charge in [-0.3, -0.25) is 9.48 Å². The van der Waals surface area contributed by atoms with Gasteiger partial charge >= 0.3 is 0 Å². The lowest BCUT2D eigenvalue weighted by Crippen LogP contribution is -2.14. The largest absolute Gasteiger partial charge is 0.322 e. The summed E-state index contributed by atoms with van der Waals surface area (Å²) in [5.41, 5.74) is 3.46. The van der Waals surface area contributed by atoms with Crippen LogP contribution in [0, 0.1) is 6.92 Å². The van der Waals surface area contributed by atoms with E-state index in [2.05, 4.69) is 10.4 Å². The summed E-state index contributed by atoms with van der Waals surface area (Å²) in [7, 11) is -1.44. The van der Waals surface area contributed by atoms with Gasteiger partial charge < -0.3 is 5.32 Å². The van der Waals surface area contributed by atoms with Gasteiger partial charge in [0, 0.05) is 24.3 Å². The van der Waals surface area contributed by atoms with E-state index in [1.165, 1.54) is 12.1 Å². The van der Waals surface area contributed by atoms with Gasteiger partial charge in [-0.1, -0.05) is 6.92 Å². The van der Waals surface area contributed by atoms with Crippen LogP contribution in [0.15, 0.2) is 35.2 Å². The molecule has 1 aromatic carbocycles. The zero-order chi connectivity index (χ0) is 20.1. The second-order valence-corrected chi connectivity index (χ2v) is 9.44. The Labute approximate surface area is 163 Å². The third-order valence-corrected chi connectivity index (χ3v) is 6.83. The lowest BCUT2D eigenvalue weighted by atomic mass is 10.1. The molecule has 7 nitrogen and oxygen atoms in total. The molecule has 0 unspecified atom stereocenters. The molecule has 0 atom stereocenters. The Balaban J connectivity index is 1.69. The highest BCUT2D eigenvalue weighted by Crippen LogP contribution is 2.40. The Morgan fingerprint density at radius 1 is 1.25 bits per heavy atom. The third-order valence-electron chi connectivity index (χ3n) is 5.08. The number of aryl methyl sites for hydroxylation is 2. The highest BCUT2D eigenvalue weighted by Gasteiger charge is 2.28. The van der Waals surface area contributed by atoms with E-state index in [-0.39, 0.29) is 16.6 Å². The molecule has 0 bridgehead atoms. The van der Waals surface area contributed by atoms with Crippen molar-refractivity contribution in [2.45, 2.75) is 37.5 Å². The highest BCUT2D eigenvalue weighted by atomic mass is 32.2. The zero-order valence-corrected chi connectivity index (χ0v) is 16.9. The summed E-state index contributed by atoms with van der Waals surface area (Å²) in [5.74, 6) is 0.193. The molecule has 4 rings (SSSR count). The van der Waals surface area contributed by atoms with Crippen LogP contribution in [0.25, 0.3) is 11.0 Å². The van der Waals surface area contributed by atoms with Crippen LogP contribution in [0.1, 0.15) is 47.4 Å². The molecule has 1 aliphatic rings. The monoisotopic (exact) mass is 398 g/mol. The molecule has 1 fully saturated rings. The lowest BCUT2D eigenvalue weighted by molar-refractivity contribution is 0.102. The summed E-state index contributed by atoms with van der Waals surface area (Å²) in [6, 6.07) is 8.11. The van der Waals surface area contributed by atoms with Gasteiger partial charge in [0.15, 0.2) is 15.5 Å². The van der Waals surface area contributed by atoms with Gasteiger partial charge in [0.05, 0.1) is 27.3 Å². The van der Waals surface area contributed by atoms with Gasteiger partial charge in [-0.15, -0.1) is 0 Å². The minimum Gasteiger partial charge on any atom is -0.322 e. The minimum atomic E-state index is -3.27. The molecule has 0 aliphatic heterocycles. The molecule has 1 amide bonds. The SMILES string of the molecule is CCS(=O)(=O)c1ccc(NC(=O)c2cc(C3CC3)nc3c2c(C)nn3C)cc1. The molecule has 2 heterocycles. The second-order valence-electron chi connectivity index (χ2n) is 7.16. The van der Waals surface area contributed by atoms with Crippen molar-refractivity contribution in [3.8, 4) is 0 Å². The van der Waals surface area contributed by atoms with E-state index in [0.29, 0.717) is 22.8 Å². The van der Waals surface area contributed by atoms with E-state index >= 15 is 0 Å². The number of benzene rings is 1. The summed E-state index contributed by atoms with van der Waals surface area (Å²) >= 11 is 0. The van der Waals surface area contributed by atoms with Crippen molar-refractivity contribution < 1.29 is 13.2 Å². The number of nitrogens with one attached hydrogen (secondary N) is 1. The van der Waals surface area contributed by atoms with Gasteiger partial charge in [-0.2, -0.15) is 5.10 Å². The first-order valence-corrected chi connectivity index (χ1v) is 10.9. The Hall–Kier alpha value is -2.74. The van der Waals surface area contributed by atoms with Crippen molar-refractivity contribution in [1.29, 1.82) is 0 Å². The average molecular weight is 398 g/mol. The molecule has 1 aliphatic carbocycles. The molecule has 3 aromatic rings. The van der Waals surface area contributed by atoms with E-state index in [4.69, 9.17) is 4.98 Å². The summed E-state index contributed by atoms with van der Waals surface area (Å²) < 4.78 is 25.6. The molecule has 0 saturated heterocycles. The summed E-state index contributed by atoms with van der Waals surface area (Å²) in [6.45, 7) is 3.47. The number of rotatable bonds is 5. The molecule has 1 N–H and O–H groups in total. The van der Waals surface area contributed by atoms with Gasteiger partial charge in [0.1, 0.15) is 0 Å². The predicted octanol–water partition coefficient (Wildman–Crippen LogP) is 3.20. The molecule has 1 saturated carbocycles. The number of nitrogens with zero attached hydrogens (tertiary/aromatic N) is 3. The first-order chi connectivity index (χ1) is 13.3. The molecule has 28 heavy (non-hydrogen) atoms. The lowest BCUT2D eigenvalue weighted by Gasteiger charge is -2.10. The number of hydrogen-bond donors (Lipinski definition) is 1. The number of aromatic nitrogens is 3. The zero-order valence-electron chi connectivity index (χ0n) is 16.1. The van der Waals surface area contributed by atoms with E-state index < -0.39 is 9.84 Å². The smallest absolute Gasteiger partial charge is 0.256 e. The van der Waals surface area contributed by atoms with E-state index in [9.17, 15) is 13.2 Å². The quantitative estimate of drug-likeness (QED) is 0.712. The number of fused-ring (bicyclic) bond motifs is 1. The highest BCUT2D eigenvalue weighted by molar-refractivity contribution is 7.91. The third kappa shape index (κ3) is 3.28. The van der Waals surface area contributed by atoms with Gasteiger partial charge in [0.2, 0.25) is 0 Å². The van der Waals surface area contributed by atoms with Gasteiger partial charge in [-0.05, 0) is 50.1 Å². The van der Waals surface area contributed by atoms with Crippen LogP contribution in [0.5, 0.6) is 0 Å². The summed E-state index contributed by atoms with van der Waals surface area (Å²) in [4.78, 5) is 18.0. The van der Waals surface area contributed by atoms with Crippen LogP contribution in [0.3, 0.4) is 0 Å². The summed E-state index contributed by atoms with van der Waals surface area (Å²) in [5, 5.41) is 8.03. The molecule has 8 heteroatoms.